The predicted octanol–water partition coefficient (Wildman–Crippen LogP) is 21.8. The van der Waals surface area contributed by atoms with Gasteiger partial charge in [0.25, 0.3) is 0 Å². The zero-order chi connectivity index (χ0) is 55.7. The summed E-state index contributed by atoms with van der Waals surface area (Å²) in [5.41, 5.74) is 0. The molecule has 1 atom stereocenters. The van der Waals surface area contributed by atoms with Gasteiger partial charge in [-0.1, -0.05) is 270 Å². The van der Waals surface area contributed by atoms with Crippen molar-refractivity contribution in [3.05, 3.63) is 134 Å². The predicted molar refractivity (Wildman–Crippen MR) is 334 cm³/mol. The highest BCUT2D eigenvalue weighted by Gasteiger charge is 2.19. The summed E-state index contributed by atoms with van der Waals surface area (Å²) in [4.78, 5) is 38.2. The van der Waals surface area contributed by atoms with E-state index in [0.717, 1.165) is 116 Å². The summed E-state index contributed by atoms with van der Waals surface area (Å²) in [7, 11) is 0. The summed E-state index contributed by atoms with van der Waals surface area (Å²) in [5, 5.41) is 0. The molecular formula is C71H116O6. The van der Waals surface area contributed by atoms with E-state index in [1.807, 2.05) is 6.08 Å². The van der Waals surface area contributed by atoms with Gasteiger partial charge in [0.2, 0.25) is 0 Å². The molecular weight excluding hydrogens is 949 g/mol. The van der Waals surface area contributed by atoms with Gasteiger partial charge < -0.3 is 14.2 Å². The number of hydrogen-bond donors (Lipinski definition) is 0. The van der Waals surface area contributed by atoms with Gasteiger partial charge in [0.15, 0.2) is 6.10 Å². The minimum Gasteiger partial charge on any atom is -0.462 e. The van der Waals surface area contributed by atoms with Crippen molar-refractivity contribution in [1.29, 1.82) is 0 Å². The highest BCUT2D eigenvalue weighted by Crippen LogP contribution is 2.15. The van der Waals surface area contributed by atoms with Crippen molar-refractivity contribution in [2.24, 2.45) is 0 Å². The molecule has 77 heavy (non-hydrogen) atoms. The molecule has 0 aliphatic heterocycles. The lowest BCUT2D eigenvalue weighted by Gasteiger charge is -2.18. The Morgan fingerprint density at radius 2 is 0.532 bits per heavy atom. The molecule has 6 nitrogen and oxygen atoms in total. The van der Waals surface area contributed by atoms with Gasteiger partial charge >= 0.3 is 17.9 Å². The van der Waals surface area contributed by atoms with E-state index in [-0.39, 0.29) is 31.6 Å². The van der Waals surface area contributed by atoms with Crippen LogP contribution in [0.3, 0.4) is 0 Å². The average molecular weight is 1070 g/mol. The van der Waals surface area contributed by atoms with Gasteiger partial charge in [-0.05, 0) is 122 Å². The minimum atomic E-state index is -0.826. The summed E-state index contributed by atoms with van der Waals surface area (Å²) in [6.07, 6.45) is 90.4. The van der Waals surface area contributed by atoms with Crippen LogP contribution in [0.1, 0.15) is 278 Å². The van der Waals surface area contributed by atoms with Crippen molar-refractivity contribution in [2.45, 2.75) is 284 Å². The first-order chi connectivity index (χ1) is 38.0. The van der Waals surface area contributed by atoms with Crippen LogP contribution < -0.4 is 0 Å². The van der Waals surface area contributed by atoms with E-state index in [0.29, 0.717) is 19.3 Å². The number of allylic oxidation sites excluding steroid dienone is 22. The summed E-state index contributed by atoms with van der Waals surface area (Å²) >= 11 is 0. The Hall–Kier alpha value is -4.45. The van der Waals surface area contributed by atoms with Crippen LogP contribution in [-0.4, -0.2) is 37.2 Å². The summed E-state index contributed by atoms with van der Waals surface area (Å²) < 4.78 is 16.8. The van der Waals surface area contributed by atoms with Crippen LogP contribution in [0.2, 0.25) is 0 Å². The normalized spacial score (nSPS) is 13.0. The van der Waals surface area contributed by atoms with Crippen molar-refractivity contribution in [2.75, 3.05) is 13.2 Å². The second-order valence-electron chi connectivity index (χ2n) is 20.5. The summed E-state index contributed by atoms with van der Waals surface area (Å²) in [5.74, 6) is -1.01. The van der Waals surface area contributed by atoms with Gasteiger partial charge in [0, 0.05) is 19.3 Å². The number of carbonyl (C=O) groups excluding carboxylic acids is 3. The molecule has 0 rings (SSSR count). The van der Waals surface area contributed by atoms with E-state index in [9.17, 15) is 14.4 Å². The maximum absolute atomic E-state index is 12.9. The lowest BCUT2D eigenvalue weighted by Crippen LogP contribution is -2.30. The van der Waals surface area contributed by atoms with Crippen LogP contribution in [0.4, 0.5) is 0 Å². The lowest BCUT2D eigenvalue weighted by molar-refractivity contribution is -0.166. The van der Waals surface area contributed by atoms with Crippen LogP contribution in [0, 0.1) is 0 Å². The van der Waals surface area contributed by atoms with E-state index in [2.05, 4.69) is 148 Å². The molecule has 1 unspecified atom stereocenters. The van der Waals surface area contributed by atoms with Gasteiger partial charge in [-0.3, -0.25) is 14.4 Å². The zero-order valence-electron chi connectivity index (χ0n) is 49.9. The molecule has 0 saturated carbocycles. The summed E-state index contributed by atoms with van der Waals surface area (Å²) in [6, 6.07) is 0. The third-order valence-electron chi connectivity index (χ3n) is 13.1. The molecule has 0 bridgehead atoms. The van der Waals surface area contributed by atoms with E-state index < -0.39 is 12.1 Å². The van der Waals surface area contributed by atoms with Crippen molar-refractivity contribution in [1.82, 2.24) is 0 Å². The average Bonchev–Trinajstić information content (AvgIpc) is 3.43. The van der Waals surface area contributed by atoms with Crippen molar-refractivity contribution < 1.29 is 28.6 Å². The Morgan fingerprint density at radius 3 is 0.857 bits per heavy atom. The van der Waals surface area contributed by atoms with Crippen LogP contribution >= 0.6 is 0 Å². The number of rotatable bonds is 56. The third kappa shape index (κ3) is 62.3. The van der Waals surface area contributed by atoms with Crippen LogP contribution in [0.25, 0.3) is 0 Å². The Labute approximate surface area is 475 Å². The fourth-order valence-corrected chi connectivity index (χ4v) is 8.45. The second kappa shape index (κ2) is 64.1. The fraction of sp³-hybridized carbons (Fsp3) is 0.648. The van der Waals surface area contributed by atoms with Gasteiger partial charge in [-0.15, -0.1) is 0 Å². The van der Waals surface area contributed by atoms with E-state index in [1.54, 1.807) is 0 Å². The maximum Gasteiger partial charge on any atom is 0.306 e. The molecule has 6 heteroatoms. The molecule has 0 radical (unpaired) electrons. The molecule has 0 saturated heterocycles. The highest BCUT2D eigenvalue weighted by atomic mass is 16.6. The number of esters is 3. The Balaban J connectivity index is 4.39. The van der Waals surface area contributed by atoms with E-state index in [1.165, 1.54) is 116 Å². The number of unbranched alkanes of at least 4 members (excludes halogenated alkanes) is 23. The Morgan fingerprint density at radius 1 is 0.273 bits per heavy atom. The molecule has 0 amide bonds. The second-order valence-corrected chi connectivity index (χ2v) is 20.5. The van der Waals surface area contributed by atoms with E-state index in [4.69, 9.17) is 14.2 Å². The van der Waals surface area contributed by atoms with Gasteiger partial charge in [0.05, 0.1) is 0 Å². The maximum atomic E-state index is 12.9. The molecule has 0 heterocycles. The molecule has 0 aliphatic rings. The Bertz CT molecular complexity index is 1650. The molecule has 0 aromatic carbocycles. The molecule has 0 aromatic heterocycles. The molecule has 0 N–H and O–H groups in total. The first-order valence-electron chi connectivity index (χ1n) is 31.7. The number of carbonyl (C=O) groups is 3. The van der Waals surface area contributed by atoms with Crippen LogP contribution in [0.15, 0.2) is 134 Å². The molecule has 0 spiro atoms. The van der Waals surface area contributed by atoms with Gasteiger partial charge in [0.1, 0.15) is 13.2 Å². The SMILES string of the molecule is CC/C=C\C/C=C\C/C=C\C/C=C\C/C=C\C/C=C\CCC(=O)OC(COC(=O)CCCCCCC/C=C\CCCCCC)COC(=O)CCCCCCCCCCCCCCCC/C=C\C/C=C\C/C=C\C/C=C\CC. The lowest BCUT2D eigenvalue weighted by atomic mass is 10.0. The van der Waals surface area contributed by atoms with Gasteiger partial charge in [-0.2, -0.15) is 0 Å². The smallest absolute Gasteiger partial charge is 0.306 e. The third-order valence-corrected chi connectivity index (χ3v) is 13.1. The molecule has 436 valence electrons. The Kier molecular flexibility index (Phi) is 60.4. The largest absolute Gasteiger partial charge is 0.462 e. The number of ether oxygens (including phenoxy) is 3. The topological polar surface area (TPSA) is 78.9 Å². The van der Waals surface area contributed by atoms with Gasteiger partial charge in [-0.25, -0.2) is 0 Å². The monoisotopic (exact) mass is 1060 g/mol. The standard InChI is InChI=1S/C71H116O6/c1-4-7-10-13-16-19-22-25-27-29-31-32-33-34-35-36-37-38-40-41-43-46-49-52-55-58-61-64-70(73)76-67-68(66-75-69(72)63-60-57-54-51-48-45-24-21-18-15-12-9-6-3)77-71(74)65-62-59-56-53-50-47-44-42-39-30-28-26-23-20-17-14-11-8-5-2/h7-8,10-11,16-17,19-21,24-28,31-32,39,42,47,50,56,59,68H,4-6,9,12-15,18,22-23,29-30,33-38,40-41,43-46,48-49,51-55,57-58,60-67H2,1-3H3/b10-7-,11-8-,19-16-,20-17-,24-21-,27-25-,28-26-,32-31-,42-39-,50-47-,59-56-. The van der Waals surface area contributed by atoms with Crippen molar-refractivity contribution in [3.8, 4) is 0 Å². The molecule has 0 aliphatic carbocycles. The quantitative estimate of drug-likeness (QED) is 0.0261. The van der Waals surface area contributed by atoms with Crippen LogP contribution in [0.5, 0.6) is 0 Å². The molecule has 0 fully saturated rings. The number of hydrogen-bond acceptors (Lipinski definition) is 6. The summed E-state index contributed by atoms with van der Waals surface area (Å²) in [6.45, 7) is 6.34. The fourth-order valence-electron chi connectivity index (χ4n) is 8.45. The molecule has 0 aromatic rings. The van der Waals surface area contributed by atoms with Crippen LogP contribution in [-0.2, 0) is 28.6 Å². The first-order valence-corrected chi connectivity index (χ1v) is 31.7. The first kappa shape index (κ1) is 72.5. The van der Waals surface area contributed by atoms with Crippen molar-refractivity contribution in [3.63, 3.8) is 0 Å². The minimum absolute atomic E-state index is 0.113. The van der Waals surface area contributed by atoms with Crippen molar-refractivity contribution >= 4 is 17.9 Å². The van der Waals surface area contributed by atoms with E-state index >= 15 is 0 Å². The highest BCUT2D eigenvalue weighted by molar-refractivity contribution is 5.71. The zero-order valence-corrected chi connectivity index (χ0v) is 49.9.